The van der Waals surface area contributed by atoms with E-state index in [0.717, 1.165) is 74.5 Å². The standard InChI is InChI=1S/C47H58ClN5O/c1-35(31-36-13-7-4-8-14-36)49-46-43(32-37-15-9-5-10-16-37)50-47(54-46)44(53-29-27-52(28-30-53)34-39-17-11-6-12-18-39)33-38-19-21-40(22-20-38)45(51(2)3)41-23-25-42(48)26-24-41/h4-18,23-26,35,38,40,44-45,49H,19-22,27-34H2,1-3H3. The minimum Gasteiger partial charge on any atom is -0.423 e. The maximum atomic E-state index is 6.94. The molecule has 1 saturated heterocycles. The monoisotopic (exact) mass is 743 g/mol. The number of nitrogens with one attached hydrogen (secondary N) is 1. The van der Waals surface area contributed by atoms with Crippen molar-refractivity contribution in [3.63, 3.8) is 0 Å². The van der Waals surface area contributed by atoms with E-state index in [1.165, 1.54) is 47.9 Å². The molecule has 0 spiro atoms. The summed E-state index contributed by atoms with van der Waals surface area (Å²) in [6, 6.07) is 41.5. The van der Waals surface area contributed by atoms with E-state index in [4.69, 9.17) is 21.0 Å². The van der Waals surface area contributed by atoms with Crippen LogP contribution in [0.2, 0.25) is 5.02 Å². The van der Waals surface area contributed by atoms with Crippen molar-refractivity contribution in [3.05, 3.63) is 154 Å². The number of hydrogen-bond acceptors (Lipinski definition) is 6. The fourth-order valence-electron chi connectivity index (χ4n) is 8.97. The summed E-state index contributed by atoms with van der Waals surface area (Å²) in [4.78, 5) is 13.1. The van der Waals surface area contributed by atoms with Gasteiger partial charge in [-0.2, -0.15) is 0 Å². The van der Waals surface area contributed by atoms with E-state index >= 15 is 0 Å². The average Bonchev–Trinajstić information content (AvgIpc) is 3.57. The fourth-order valence-corrected chi connectivity index (χ4v) is 9.09. The number of nitrogens with zero attached hydrogens (tertiary/aromatic N) is 4. The molecule has 2 heterocycles. The molecule has 1 N–H and O–H groups in total. The molecule has 3 unspecified atom stereocenters. The predicted molar refractivity (Wildman–Crippen MR) is 223 cm³/mol. The van der Waals surface area contributed by atoms with Gasteiger partial charge in [0.25, 0.3) is 0 Å². The second-order valence-corrected chi connectivity index (χ2v) is 16.5. The second-order valence-electron chi connectivity index (χ2n) is 16.0. The van der Waals surface area contributed by atoms with Crippen LogP contribution in [0.15, 0.2) is 120 Å². The van der Waals surface area contributed by atoms with Crippen molar-refractivity contribution < 1.29 is 4.42 Å². The van der Waals surface area contributed by atoms with Crippen LogP contribution in [0, 0.1) is 11.8 Å². The third-order valence-electron chi connectivity index (χ3n) is 11.7. The molecule has 2 aliphatic rings. The van der Waals surface area contributed by atoms with Gasteiger partial charge in [0, 0.05) is 56.3 Å². The lowest BCUT2D eigenvalue weighted by Crippen LogP contribution is -2.47. The smallest absolute Gasteiger partial charge is 0.217 e. The average molecular weight is 744 g/mol. The van der Waals surface area contributed by atoms with Crippen molar-refractivity contribution in [1.82, 2.24) is 19.7 Å². The summed E-state index contributed by atoms with van der Waals surface area (Å²) in [5.41, 5.74) is 6.32. The Morgan fingerprint density at radius 1 is 0.759 bits per heavy atom. The molecule has 1 saturated carbocycles. The summed E-state index contributed by atoms with van der Waals surface area (Å²) in [5.74, 6) is 2.95. The van der Waals surface area contributed by atoms with E-state index in [1.54, 1.807) is 0 Å². The van der Waals surface area contributed by atoms with Gasteiger partial charge in [0.05, 0.1) is 6.04 Å². The minimum absolute atomic E-state index is 0.140. The Kier molecular flexibility index (Phi) is 13.2. The van der Waals surface area contributed by atoms with Crippen LogP contribution < -0.4 is 5.32 Å². The van der Waals surface area contributed by atoms with Crippen LogP contribution in [0.25, 0.3) is 0 Å². The van der Waals surface area contributed by atoms with E-state index in [-0.39, 0.29) is 12.1 Å². The molecule has 0 amide bonds. The molecular weight excluding hydrogens is 686 g/mol. The first-order valence-electron chi connectivity index (χ1n) is 20.1. The third-order valence-corrected chi connectivity index (χ3v) is 12.0. The number of anilines is 1. The molecule has 0 radical (unpaired) electrons. The molecule has 5 aromatic rings. The molecule has 7 rings (SSSR count). The lowest BCUT2D eigenvalue weighted by atomic mass is 9.74. The summed E-state index contributed by atoms with van der Waals surface area (Å²) in [7, 11) is 4.45. The first-order valence-corrected chi connectivity index (χ1v) is 20.5. The Morgan fingerprint density at radius 2 is 1.35 bits per heavy atom. The van der Waals surface area contributed by atoms with Gasteiger partial charge in [-0.1, -0.05) is 128 Å². The van der Waals surface area contributed by atoms with Gasteiger partial charge in [-0.15, -0.1) is 0 Å². The summed E-state index contributed by atoms with van der Waals surface area (Å²) in [6.45, 7) is 7.35. The Morgan fingerprint density at radius 3 is 1.96 bits per heavy atom. The zero-order chi connectivity index (χ0) is 37.3. The quantitative estimate of drug-likeness (QED) is 0.115. The number of oxazole rings is 1. The summed E-state index contributed by atoms with van der Waals surface area (Å²) < 4.78 is 6.94. The molecule has 1 aromatic heterocycles. The van der Waals surface area contributed by atoms with Gasteiger partial charge < -0.3 is 14.6 Å². The highest BCUT2D eigenvalue weighted by Crippen LogP contribution is 2.43. The highest BCUT2D eigenvalue weighted by molar-refractivity contribution is 6.30. The SMILES string of the molecule is CC(Cc1ccccc1)Nc1oc(C(CC2CCC(C(c3ccc(Cl)cc3)N(C)C)CC2)N2CCN(Cc3ccccc3)CC2)nc1Cc1ccccc1. The van der Waals surface area contributed by atoms with Crippen molar-refractivity contribution in [2.24, 2.45) is 11.8 Å². The van der Waals surface area contributed by atoms with Gasteiger partial charge in [-0.05, 0) is 92.9 Å². The van der Waals surface area contributed by atoms with E-state index in [9.17, 15) is 0 Å². The number of benzene rings is 4. The van der Waals surface area contributed by atoms with E-state index in [2.05, 4.69) is 144 Å². The zero-order valence-corrected chi connectivity index (χ0v) is 33.2. The lowest BCUT2D eigenvalue weighted by Gasteiger charge is -2.41. The number of aromatic nitrogens is 1. The van der Waals surface area contributed by atoms with Crippen LogP contribution in [0.4, 0.5) is 5.88 Å². The van der Waals surface area contributed by atoms with Gasteiger partial charge in [0.1, 0.15) is 5.69 Å². The van der Waals surface area contributed by atoms with Crippen LogP contribution in [0.3, 0.4) is 0 Å². The highest BCUT2D eigenvalue weighted by Gasteiger charge is 2.35. The lowest BCUT2D eigenvalue weighted by molar-refractivity contribution is 0.0595. The van der Waals surface area contributed by atoms with Crippen LogP contribution in [-0.4, -0.2) is 66.0 Å². The van der Waals surface area contributed by atoms with Crippen LogP contribution >= 0.6 is 11.6 Å². The first-order chi connectivity index (χ1) is 26.4. The van der Waals surface area contributed by atoms with Crippen LogP contribution in [-0.2, 0) is 19.4 Å². The highest BCUT2D eigenvalue weighted by atomic mass is 35.5. The largest absolute Gasteiger partial charge is 0.423 e. The maximum absolute atomic E-state index is 6.94. The van der Waals surface area contributed by atoms with Gasteiger partial charge in [-0.3, -0.25) is 9.80 Å². The number of hydrogen-bond donors (Lipinski definition) is 1. The van der Waals surface area contributed by atoms with Crippen LogP contribution in [0.5, 0.6) is 0 Å². The van der Waals surface area contributed by atoms with Crippen molar-refractivity contribution >= 4 is 17.5 Å². The molecule has 3 atom stereocenters. The molecule has 1 aliphatic heterocycles. The van der Waals surface area contributed by atoms with E-state index < -0.39 is 0 Å². The Labute approximate surface area is 328 Å². The molecular formula is C47H58ClN5O. The molecule has 0 bridgehead atoms. The van der Waals surface area contributed by atoms with Gasteiger partial charge >= 0.3 is 0 Å². The third kappa shape index (κ3) is 10.2. The number of rotatable bonds is 15. The molecule has 7 heteroatoms. The van der Waals surface area contributed by atoms with Gasteiger partial charge in [0.15, 0.2) is 0 Å². The molecule has 284 valence electrons. The maximum Gasteiger partial charge on any atom is 0.217 e. The molecule has 1 aliphatic carbocycles. The zero-order valence-electron chi connectivity index (χ0n) is 32.4. The Bertz CT molecular complexity index is 1830. The van der Waals surface area contributed by atoms with Crippen molar-refractivity contribution in [3.8, 4) is 0 Å². The van der Waals surface area contributed by atoms with E-state index in [0.29, 0.717) is 17.9 Å². The summed E-state index contributed by atoms with van der Waals surface area (Å²) >= 11 is 6.28. The Balaban J connectivity index is 1.11. The normalized spacial score (nSPS) is 20.1. The summed E-state index contributed by atoms with van der Waals surface area (Å²) in [6.07, 6.45) is 7.63. The Hall–Kier alpha value is -3.94. The van der Waals surface area contributed by atoms with Crippen LogP contribution in [0.1, 0.15) is 84.9 Å². The molecule has 2 fully saturated rings. The minimum atomic E-state index is 0.140. The van der Waals surface area contributed by atoms with Crippen molar-refractivity contribution in [1.29, 1.82) is 0 Å². The van der Waals surface area contributed by atoms with Crippen molar-refractivity contribution in [2.45, 2.75) is 76.5 Å². The predicted octanol–water partition coefficient (Wildman–Crippen LogP) is 10.3. The second kappa shape index (κ2) is 18.6. The van der Waals surface area contributed by atoms with Gasteiger partial charge in [-0.25, -0.2) is 4.98 Å². The van der Waals surface area contributed by atoms with Crippen molar-refractivity contribution in [2.75, 3.05) is 45.6 Å². The number of piperazine rings is 1. The van der Waals surface area contributed by atoms with Gasteiger partial charge in [0.2, 0.25) is 11.8 Å². The first kappa shape index (κ1) is 38.3. The fraction of sp³-hybridized carbons (Fsp3) is 0.426. The summed E-state index contributed by atoms with van der Waals surface area (Å²) in [5, 5.41) is 4.57. The molecule has 54 heavy (non-hydrogen) atoms. The van der Waals surface area contributed by atoms with E-state index in [1.807, 2.05) is 12.1 Å². The molecule has 4 aromatic carbocycles. The topological polar surface area (TPSA) is 47.8 Å². The number of halogens is 1. The molecule has 6 nitrogen and oxygen atoms in total.